The monoisotopic (exact) mass is 499 g/mol. The molecule has 38 heavy (non-hydrogen) atoms. The Morgan fingerprint density at radius 1 is 0.684 bits per heavy atom. The van der Waals surface area contributed by atoms with Crippen LogP contribution in [0.25, 0.3) is 16.9 Å². The van der Waals surface area contributed by atoms with Crippen LogP contribution in [0.3, 0.4) is 0 Å². The van der Waals surface area contributed by atoms with Gasteiger partial charge in [0, 0.05) is 16.8 Å². The van der Waals surface area contributed by atoms with Crippen LogP contribution in [0, 0.1) is 13.8 Å². The number of carbonyl (C=O) groups is 3. The number of benzene rings is 4. The summed E-state index contributed by atoms with van der Waals surface area (Å²) in [7, 11) is 0. The molecule has 0 aliphatic rings. The number of ketones is 2. The van der Waals surface area contributed by atoms with Crippen molar-refractivity contribution in [3.63, 3.8) is 0 Å². The molecule has 4 aromatic carbocycles. The van der Waals surface area contributed by atoms with Crippen LogP contribution in [0.15, 0.2) is 109 Å². The minimum absolute atomic E-state index is 0.0447. The van der Waals surface area contributed by atoms with E-state index in [2.05, 4.69) is 10.4 Å². The summed E-state index contributed by atoms with van der Waals surface area (Å²) in [6.45, 7) is 3.89. The van der Waals surface area contributed by atoms with Crippen molar-refractivity contribution in [1.82, 2.24) is 9.78 Å². The molecule has 6 nitrogen and oxygen atoms in total. The summed E-state index contributed by atoms with van der Waals surface area (Å²) < 4.78 is 1.56. The fraction of sp³-hybridized carbons (Fsp3) is 0.0625. The first kappa shape index (κ1) is 24.6. The third-order valence-electron chi connectivity index (χ3n) is 6.20. The standard InChI is InChI=1S/C32H25N3O3/c1-21-13-17-23(18-14-21)29-27(31(37)32(38)33-25-9-5-3-6-10-25)28(30(36)24-19-15-22(2)16-20-24)34-35(29)26-11-7-4-8-12-26/h3-20H,1-2H3,(H,33,38). The number of aromatic nitrogens is 2. The maximum absolute atomic E-state index is 13.8. The first-order valence-corrected chi connectivity index (χ1v) is 12.2. The van der Waals surface area contributed by atoms with E-state index in [1.807, 2.05) is 86.6 Å². The molecule has 6 heteroatoms. The minimum Gasteiger partial charge on any atom is -0.319 e. The second-order valence-corrected chi connectivity index (χ2v) is 9.03. The van der Waals surface area contributed by atoms with Gasteiger partial charge >= 0.3 is 0 Å². The lowest BCUT2D eigenvalue weighted by Gasteiger charge is -2.11. The molecule has 5 aromatic rings. The maximum Gasteiger partial charge on any atom is 0.296 e. The Kier molecular flexibility index (Phi) is 6.78. The number of amides is 1. The number of aryl methyl sites for hydroxylation is 2. The van der Waals surface area contributed by atoms with Crippen molar-refractivity contribution in [2.24, 2.45) is 0 Å². The number of Topliss-reactive ketones (excluding diaryl/α,β-unsaturated/α-hetero) is 1. The van der Waals surface area contributed by atoms with Crippen molar-refractivity contribution in [2.75, 3.05) is 5.32 Å². The summed E-state index contributed by atoms with van der Waals surface area (Å²) in [5.41, 5.74) is 4.44. The van der Waals surface area contributed by atoms with Crippen molar-refractivity contribution in [2.45, 2.75) is 13.8 Å². The van der Waals surface area contributed by atoms with E-state index in [1.54, 1.807) is 41.1 Å². The second-order valence-electron chi connectivity index (χ2n) is 9.03. The zero-order chi connectivity index (χ0) is 26.6. The van der Waals surface area contributed by atoms with E-state index in [9.17, 15) is 14.4 Å². The van der Waals surface area contributed by atoms with Gasteiger partial charge < -0.3 is 5.32 Å². The number of nitrogens with zero attached hydrogens (tertiary/aromatic N) is 2. The van der Waals surface area contributed by atoms with Gasteiger partial charge in [-0.3, -0.25) is 14.4 Å². The van der Waals surface area contributed by atoms with E-state index in [0.29, 0.717) is 28.2 Å². The molecular formula is C32H25N3O3. The quantitative estimate of drug-likeness (QED) is 0.213. The number of para-hydroxylation sites is 2. The average Bonchev–Trinajstić information content (AvgIpc) is 3.34. The van der Waals surface area contributed by atoms with Crippen LogP contribution in [0.4, 0.5) is 5.69 Å². The first-order valence-electron chi connectivity index (χ1n) is 12.2. The maximum atomic E-state index is 13.8. The number of hydrogen-bond donors (Lipinski definition) is 1. The highest BCUT2D eigenvalue weighted by molar-refractivity contribution is 6.48. The number of rotatable bonds is 7. The summed E-state index contributed by atoms with van der Waals surface area (Å²) in [4.78, 5) is 40.9. The highest BCUT2D eigenvalue weighted by Gasteiger charge is 2.33. The van der Waals surface area contributed by atoms with E-state index in [-0.39, 0.29) is 11.3 Å². The van der Waals surface area contributed by atoms with Gasteiger partial charge in [0.2, 0.25) is 5.78 Å². The van der Waals surface area contributed by atoms with Gasteiger partial charge in [-0.25, -0.2) is 4.68 Å². The van der Waals surface area contributed by atoms with Gasteiger partial charge in [0.05, 0.1) is 16.9 Å². The molecule has 1 aromatic heterocycles. The molecule has 1 amide bonds. The molecule has 0 atom stereocenters. The summed E-state index contributed by atoms with van der Waals surface area (Å²) in [6, 6.07) is 32.6. The molecule has 1 N–H and O–H groups in total. The van der Waals surface area contributed by atoms with Crippen molar-refractivity contribution < 1.29 is 14.4 Å². The third-order valence-corrected chi connectivity index (χ3v) is 6.20. The van der Waals surface area contributed by atoms with Crippen molar-refractivity contribution in [3.8, 4) is 16.9 Å². The SMILES string of the molecule is Cc1ccc(C(=O)c2nn(-c3ccccc3)c(-c3ccc(C)cc3)c2C(=O)C(=O)Nc2ccccc2)cc1. The van der Waals surface area contributed by atoms with Gasteiger partial charge in [0.25, 0.3) is 11.7 Å². The Morgan fingerprint density at radius 2 is 1.24 bits per heavy atom. The molecule has 0 unspecified atom stereocenters. The Morgan fingerprint density at radius 3 is 1.84 bits per heavy atom. The predicted molar refractivity (Wildman–Crippen MR) is 148 cm³/mol. The summed E-state index contributed by atoms with van der Waals surface area (Å²) >= 11 is 0. The molecule has 0 saturated carbocycles. The van der Waals surface area contributed by atoms with Crippen molar-refractivity contribution in [3.05, 3.63) is 137 Å². The van der Waals surface area contributed by atoms with Crippen LogP contribution in [-0.2, 0) is 4.79 Å². The Balaban J connectivity index is 1.74. The Hall–Kier alpha value is -5.10. The van der Waals surface area contributed by atoms with Crippen LogP contribution < -0.4 is 5.32 Å². The van der Waals surface area contributed by atoms with Crippen molar-refractivity contribution >= 4 is 23.2 Å². The largest absolute Gasteiger partial charge is 0.319 e. The van der Waals surface area contributed by atoms with E-state index in [0.717, 1.165) is 11.1 Å². The molecule has 0 bridgehead atoms. The van der Waals surface area contributed by atoms with E-state index in [4.69, 9.17) is 0 Å². The lowest BCUT2D eigenvalue weighted by Crippen LogP contribution is -2.25. The average molecular weight is 500 g/mol. The van der Waals surface area contributed by atoms with Crippen LogP contribution in [0.2, 0.25) is 0 Å². The zero-order valence-corrected chi connectivity index (χ0v) is 21.0. The number of anilines is 1. The molecule has 0 aliphatic heterocycles. The molecule has 186 valence electrons. The predicted octanol–water partition coefficient (Wildman–Crippen LogP) is 6.21. The Labute approximate surface area is 220 Å². The topological polar surface area (TPSA) is 81.1 Å². The molecule has 0 saturated heterocycles. The molecule has 0 radical (unpaired) electrons. The Bertz CT molecular complexity index is 1620. The fourth-order valence-corrected chi connectivity index (χ4v) is 4.19. The van der Waals surface area contributed by atoms with E-state index in [1.165, 1.54) is 0 Å². The lowest BCUT2D eigenvalue weighted by atomic mass is 9.96. The fourth-order valence-electron chi connectivity index (χ4n) is 4.19. The summed E-state index contributed by atoms with van der Waals surface area (Å²) in [5.74, 6) is -2.14. The van der Waals surface area contributed by atoms with Gasteiger partial charge in [0.15, 0.2) is 0 Å². The van der Waals surface area contributed by atoms with Crippen LogP contribution in [0.1, 0.15) is 37.5 Å². The van der Waals surface area contributed by atoms with Gasteiger partial charge in [0.1, 0.15) is 5.69 Å². The smallest absolute Gasteiger partial charge is 0.296 e. The van der Waals surface area contributed by atoms with Gasteiger partial charge in [-0.05, 0) is 38.1 Å². The first-order chi connectivity index (χ1) is 18.4. The summed E-state index contributed by atoms with van der Waals surface area (Å²) in [5, 5.41) is 7.31. The third kappa shape index (κ3) is 4.92. The van der Waals surface area contributed by atoms with Crippen LogP contribution in [-0.4, -0.2) is 27.3 Å². The van der Waals surface area contributed by atoms with E-state index >= 15 is 0 Å². The van der Waals surface area contributed by atoms with Gasteiger partial charge in [-0.1, -0.05) is 96.1 Å². The second kappa shape index (κ2) is 10.5. The van der Waals surface area contributed by atoms with Gasteiger partial charge in [-0.15, -0.1) is 0 Å². The van der Waals surface area contributed by atoms with Crippen LogP contribution >= 0.6 is 0 Å². The molecule has 5 rings (SSSR count). The molecule has 0 spiro atoms. The minimum atomic E-state index is -0.852. The molecular weight excluding hydrogens is 474 g/mol. The molecule has 1 heterocycles. The normalized spacial score (nSPS) is 10.7. The molecule has 0 aliphatic carbocycles. The van der Waals surface area contributed by atoms with Crippen LogP contribution in [0.5, 0.6) is 0 Å². The summed E-state index contributed by atoms with van der Waals surface area (Å²) in [6.07, 6.45) is 0. The molecule has 0 fully saturated rings. The van der Waals surface area contributed by atoms with Gasteiger partial charge in [-0.2, -0.15) is 5.10 Å². The highest BCUT2D eigenvalue weighted by atomic mass is 16.2. The zero-order valence-electron chi connectivity index (χ0n) is 21.0. The van der Waals surface area contributed by atoms with E-state index < -0.39 is 17.5 Å². The number of hydrogen-bond acceptors (Lipinski definition) is 4. The number of nitrogens with one attached hydrogen (secondary N) is 1. The highest BCUT2D eigenvalue weighted by Crippen LogP contribution is 2.32. The van der Waals surface area contributed by atoms with Crippen molar-refractivity contribution in [1.29, 1.82) is 0 Å². The lowest BCUT2D eigenvalue weighted by molar-refractivity contribution is -0.112. The number of carbonyl (C=O) groups excluding carboxylic acids is 3.